The molecule has 4 aromatic rings. The van der Waals surface area contributed by atoms with Crippen LogP contribution in [0.4, 0.5) is 10.5 Å². The molecule has 0 aliphatic heterocycles. The molecule has 6 heteroatoms. The second-order valence-corrected chi connectivity index (χ2v) is 8.90. The lowest BCUT2D eigenvalue weighted by molar-refractivity contribution is 0.121. The Labute approximate surface area is 204 Å². The number of carbonyl (C=O) groups excluding carboxylic acids is 1. The Bertz CT molecular complexity index is 1380. The molecule has 1 amide bonds. The van der Waals surface area contributed by atoms with Gasteiger partial charge < -0.3 is 9.26 Å². The molecule has 1 fully saturated rings. The molecule has 0 spiro atoms. The van der Waals surface area contributed by atoms with E-state index in [4.69, 9.17) is 9.26 Å². The molecule has 0 bridgehead atoms. The summed E-state index contributed by atoms with van der Waals surface area (Å²) in [7, 11) is 0. The van der Waals surface area contributed by atoms with E-state index < -0.39 is 12.2 Å². The van der Waals surface area contributed by atoms with Crippen LogP contribution in [0.2, 0.25) is 0 Å². The average molecular weight is 464 g/mol. The topological polar surface area (TPSA) is 88.2 Å². The fourth-order valence-electron chi connectivity index (χ4n) is 4.18. The summed E-state index contributed by atoms with van der Waals surface area (Å²) in [5.74, 6) is 0.471. The molecule has 1 aromatic heterocycles. The number of nitriles is 1. The van der Waals surface area contributed by atoms with Gasteiger partial charge in [0, 0.05) is 5.56 Å². The van der Waals surface area contributed by atoms with E-state index in [0.29, 0.717) is 17.1 Å². The Morgan fingerprint density at radius 1 is 1.00 bits per heavy atom. The first-order chi connectivity index (χ1) is 17.0. The molecule has 1 N–H and O–H groups in total. The van der Waals surface area contributed by atoms with Crippen LogP contribution in [0.15, 0.2) is 83.4 Å². The number of carbonyl (C=O) groups is 1. The summed E-state index contributed by atoms with van der Waals surface area (Å²) in [6, 6.07) is 28.1. The number of ether oxygens (including phenoxy) is 1. The summed E-state index contributed by atoms with van der Waals surface area (Å²) in [5.41, 5.74) is 5.67. The van der Waals surface area contributed by atoms with E-state index in [0.717, 1.165) is 40.7 Å². The summed E-state index contributed by atoms with van der Waals surface area (Å²) in [5, 5.41) is 16.2. The second kappa shape index (κ2) is 9.11. The van der Waals surface area contributed by atoms with Crippen molar-refractivity contribution in [3.8, 4) is 28.5 Å². The number of hydrogen-bond donors (Lipinski definition) is 1. The average Bonchev–Trinajstić information content (AvgIpc) is 3.62. The maximum absolute atomic E-state index is 12.6. The molecular weight excluding hydrogens is 438 g/mol. The van der Waals surface area contributed by atoms with Crippen LogP contribution in [0.1, 0.15) is 42.7 Å². The van der Waals surface area contributed by atoms with Gasteiger partial charge in [0.15, 0.2) is 5.76 Å². The van der Waals surface area contributed by atoms with Crippen LogP contribution < -0.4 is 5.32 Å². The van der Waals surface area contributed by atoms with Gasteiger partial charge in [0.1, 0.15) is 17.5 Å². The molecular formula is C29H25N3O3. The summed E-state index contributed by atoms with van der Waals surface area (Å²) in [6.07, 6.45) is 0.900. The first kappa shape index (κ1) is 22.4. The molecule has 35 heavy (non-hydrogen) atoms. The number of aromatic nitrogens is 1. The first-order valence-electron chi connectivity index (χ1n) is 11.6. The van der Waals surface area contributed by atoms with Crippen molar-refractivity contribution in [1.29, 1.82) is 5.26 Å². The molecule has 0 unspecified atom stereocenters. The van der Waals surface area contributed by atoms with E-state index in [1.165, 1.54) is 0 Å². The third kappa shape index (κ3) is 4.53. The Hall–Kier alpha value is -4.37. The quantitative estimate of drug-likeness (QED) is 0.327. The van der Waals surface area contributed by atoms with Crippen LogP contribution in [-0.4, -0.2) is 11.2 Å². The summed E-state index contributed by atoms with van der Waals surface area (Å²) in [4.78, 5) is 12.6. The molecule has 0 radical (unpaired) electrons. The molecule has 0 saturated heterocycles. The monoisotopic (exact) mass is 463 g/mol. The van der Waals surface area contributed by atoms with Gasteiger partial charge in [-0.15, -0.1) is 0 Å². The van der Waals surface area contributed by atoms with Gasteiger partial charge in [-0.2, -0.15) is 5.26 Å². The number of nitrogens with one attached hydrogen (secondary N) is 1. The van der Waals surface area contributed by atoms with Crippen LogP contribution in [-0.2, 0) is 10.2 Å². The molecule has 6 nitrogen and oxygen atoms in total. The highest BCUT2D eigenvalue weighted by atomic mass is 16.6. The number of anilines is 1. The van der Waals surface area contributed by atoms with Crippen molar-refractivity contribution < 1.29 is 14.1 Å². The molecule has 1 aliphatic carbocycles. The van der Waals surface area contributed by atoms with Crippen molar-refractivity contribution in [2.75, 3.05) is 5.32 Å². The zero-order valence-electron chi connectivity index (χ0n) is 19.6. The highest BCUT2D eigenvalue weighted by Crippen LogP contribution is 2.47. The van der Waals surface area contributed by atoms with Crippen molar-refractivity contribution in [3.05, 3.63) is 95.7 Å². The van der Waals surface area contributed by atoms with E-state index in [1.54, 1.807) is 6.92 Å². The zero-order valence-corrected chi connectivity index (χ0v) is 19.6. The van der Waals surface area contributed by atoms with Crippen LogP contribution in [0, 0.1) is 18.3 Å². The maximum atomic E-state index is 12.6. The van der Waals surface area contributed by atoms with Gasteiger partial charge in [0.05, 0.1) is 11.5 Å². The number of nitrogens with zero attached hydrogens (tertiary/aromatic N) is 2. The summed E-state index contributed by atoms with van der Waals surface area (Å²) in [6.45, 7) is 3.60. The Morgan fingerprint density at radius 2 is 1.60 bits per heavy atom. The van der Waals surface area contributed by atoms with Gasteiger partial charge in [-0.3, -0.25) is 5.32 Å². The van der Waals surface area contributed by atoms with E-state index in [-0.39, 0.29) is 5.41 Å². The summed E-state index contributed by atoms with van der Waals surface area (Å²) < 4.78 is 11.1. The standard InChI is InChI=1S/C29H25N3O3/c1-19-26(31-28(33)34-20(2)21-6-4-3-5-7-21)27(35-32-19)24-10-8-22(9-11-24)23-12-14-25(15-13-23)29(18-30)16-17-29/h3-15,20H,16-17H2,1-2H3,(H,31,33)/t20-/m1/s1. The molecule has 3 aromatic carbocycles. The molecule has 1 heterocycles. The number of hydrogen-bond acceptors (Lipinski definition) is 5. The third-order valence-corrected chi connectivity index (χ3v) is 6.52. The van der Waals surface area contributed by atoms with Gasteiger partial charge >= 0.3 is 6.09 Å². The van der Waals surface area contributed by atoms with Gasteiger partial charge in [0.2, 0.25) is 0 Å². The smallest absolute Gasteiger partial charge is 0.412 e. The molecule has 174 valence electrons. The van der Waals surface area contributed by atoms with E-state index in [1.807, 2.05) is 73.7 Å². The Kier molecular flexibility index (Phi) is 5.84. The lowest BCUT2D eigenvalue weighted by Gasteiger charge is -2.14. The Balaban J connectivity index is 1.30. The minimum atomic E-state index is -0.573. The number of benzene rings is 3. The molecule has 1 saturated carbocycles. The molecule has 1 atom stereocenters. The fourth-order valence-corrected chi connectivity index (χ4v) is 4.18. The zero-order chi connectivity index (χ0) is 24.4. The lowest BCUT2D eigenvalue weighted by Crippen LogP contribution is -2.16. The van der Waals surface area contributed by atoms with Gasteiger partial charge in [-0.1, -0.05) is 84.0 Å². The highest BCUT2D eigenvalue weighted by Gasteiger charge is 2.44. The minimum absolute atomic E-state index is 0.282. The van der Waals surface area contributed by atoms with Gasteiger partial charge in [-0.05, 0) is 48.9 Å². The van der Waals surface area contributed by atoms with Crippen LogP contribution in [0.5, 0.6) is 0 Å². The first-order valence-corrected chi connectivity index (χ1v) is 11.6. The van der Waals surface area contributed by atoms with Crippen LogP contribution >= 0.6 is 0 Å². The minimum Gasteiger partial charge on any atom is -0.441 e. The second-order valence-electron chi connectivity index (χ2n) is 8.90. The van der Waals surface area contributed by atoms with Gasteiger partial charge in [-0.25, -0.2) is 4.79 Å². The van der Waals surface area contributed by atoms with Crippen molar-refractivity contribution >= 4 is 11.8 Å². The third-order valence-electron chi connectivity index (χ3n) is 6.52. The maximum Gasteiger partial charge on any atom is 0.412 e. The number of amides is 1. The lowest BCUT2D eigenvalue weighted by atomic mass is 9.94. The number of aryl methyl sites for hydroxylation is 1. The normalized spacial score (nSPS) is 14.5. The predicted octanol–water partition coefficient (Wildman–Crippen LogP) is 7.18. The molecule has 5 rings (SSSR count). The largest absolute Gasteiger partial charge is 0.441 e. The van der Waals surface area contributed by atoms with Crippen molar-refractivity contribution in [1.82, 2.24) is 5.16 Å². The van der Waals surface area contributed by atoms with Crippen molar-refractivity contribution in [2.45, 2.75) is 38.2 Å². The van der Waals surface area contributed by atoms with E-state index >= 15 is 0 Å². The SMILES string of the molecule is Cc1noc(-c2ccc(-c3ccc(C4(C#N)CC4)cc3)cc2)c1NC(=O)O[C@H](C)c1ccccc1. The fraction of sp³-hybridized carbons (Fsp3) is 0.207. The van der Waals surface area contributed by atoms with Crippen LogP contribution in [0.3, 0.4) is 0 Å². The van der Waals surface area contributed by atoms with Gasteiger partial charge in [0.25, 0.3) is 0 Å². The Morgan fingerprint density at radius 3 is 2.20 bits per heavy atom. The summed E-state index contributed by atoms with van der Waals surface area (Å²) >= 11 is 0. The molecule has 1 aliphatic rings. The van der Waals surface area contributed by atoms with Crippen LogP contribution in [0.25, 0.3) is 22.5 Å². The van der Waals surface area contributed by atoms with E-state index in [9.17, 15) is 10.1 Å². The van der Waals surface area contributed by atoms with Crippen molar-refractivity contribution in [2.24, 2.45) is 0 Å². The predicted molar refractivity (Wildman–Crippen MR) is 134 cm³/mol. The van der Waals surface area contributed by atoms with Crippen molar-refractivity contribution in [3.63, 3.8) is 0 Å². The number of rotatable bonds is 6. The van der Waals surface area contributed by atoms with E-state index in [2.05, 4.69) is 28.7 Å². The highest BCUT2D eigenvalue weighted by molar-refractivity contribution is 5.91.